The van der Waals surface area contributed by atoms with Gasteiger partial charge in [-0.3, -0.25) is 4.79 Å². The van der Waals surface area contributed by atoms with Gasteiger partial charge in [-0.05, 0) is 43.2 Å². The molecule has 4 rings (SSSR count). The number of fused-ring (bicyclic) bond motifs is 1. The molecule has 0 spiro atoms. The Morgan fingerprint density at radius 3 is 2.48 bits per heavy atom. The Labute approximate surface area is 158 Å². The first-order chi connectivity index (χ1) is 13.2. The molecule has 1 aromatic heterocycles. The lowest BCUT2D eigenvalue weighted by molar-refractivity contribution is -0.123. The molecular formula is C21H21N3O3. The van der Waals surface area contributed by atoms with Gasteiger partial charge in [0.2, 0.25) is 0 Å². The third kappa shape index (κ3) is 3.07. The quantitative estimate of drug-likeness (QED) is 0.781. The van der Waals surface area contributed by atoms with Crippen LogP contribution in [0.4, 0.5) is 5.82 Å². The Kier molecular flexibility index (Phi) is 4.62. The van der Waals surface area contributed by atoms with Gasteiger partial charge in [0.25, 0.3) is 5.91 Å². The number of hydrogen-bond acceptors (Lipinski definition) is 5. The van der Waals surface area contributed by atoms with Gasteiger partial charge in [-0.1, -0.05) is 18.2 Å². The van der Waals surface area contributed by atoms with Crippen molar-refractivity contribution in [3.8, 4) is 11.5 Å². The summed E-state index contributed by atoms with van der Waals surface area (Å²) in [5.74, 6) is 1.73. The number of allylic oxidation sites excluding steroid dienone is 2. The van der Waals surface area contributed by atoms with Crippen molar-refractivity contribution in [2.45, 2.75) is 12.8 Å². The molecule has 1 aromatic carbocycles. The minimum atomic E-state index is -0.141. The SMILES string of the molecule is COc1ccc(C2=NN(c3ccccn3)C(=O)[C@H]3CC=CC[C@@H]23)cc1OC. The second-order valence-corrected chi connectivity index (χ2v) is 6.55. The number of methoxy groups -OCH3 is 2. The minimum absolute atomic E-state index is 0.00715. The van der Waals surface area contributed by atoms with Crippen molar-refractivity contribution in [1.29, 1.82) is 0 Å². The van der Waals surface area contributed by atoms with Gasteiger partial charge >= 0.3 is 0 Å². The number of ether oxygens (including phenoxy) is 2. The fourth-order valence-corrected chi connectivity index (χ4v) is 3.69. The largest absolute Gasteiger partial charge is 0.493 e. The summed E-state index contributed by atoms with van der Waals surface area (Å²) >= 11 is 0. The molecule has 2 heterocycles. The van der Waals surface area contributed by atoms with Crippen LogP contribution < -0.4 is 14.5 Å². The van der Waals surface area contributed by atoms with Crippen LogP contribution in [0.25, 0.3) is 0 Å². The lowest BCUT2D eigenvalue weighted by Crippen LogP contribution is -2.45. The van der Waals surface area contributed by atoms with E-state index in [4.69, 9.17) is 14.6 Å². The number of carbonyl (C=O) groups excluding carboxylic acids is 1. The lowest BCUT2D eigenvalue weighted by Gasteiger charge is -2.36. The molecule has 1 aliphatic carbocycles. The molecule has 0 fully saturated rings. The van der Waals surface area contributed by atoms with Crippen LogP contribution in [0.3, 0.4) is 0 Å². The van der Waals surface area contributed by atoms with Crippen LogP contribution in [0.1, 0.15) is 18.4 Å². The Hall–Kier alpha value is -3.15. The Bertz CT molecular complexity index is 908. The average molecular weight is 363 g/mol. The minimum Gasteiger partial charge on any atom is -0.493 e. The summed E-state index contributed by atoms with van der Waals surface area (Å²) in [7, 11) is 3.22. The third-order valence-electron chi connectivity index (χ3n) is 5.06. The number of hydrazone groups is 1. The van der Waals surface area contributed by atoms with E-state index in [9.17, 15) is 4.79 Å². The van der Waals surface area contributed by atoms with Crippen LogP contribution in [0.2, 0.25) is 0 Å². The van der Waals surface area contributed by atoms with Crippen molar-refractivity contribution >= 4 is 17.4 Å². The van der Waals surface area contributed by atoms with Crippen molar-refractivity contribution in [3.05, 3.63) is 60.3 Å². The molecule has 1 aliphatic heterocycles. The molecule has 138 valence electrons. The number of aromatic nitrogens is 1. The number of nitrogens with zero attached hydrogens (tertiary/aromatic N) is 3. The summed E-state index contributed by atoms with van der Waals surface area (Å²) in [4.78, 5) is 17.4. The summed E-state index contributed by atoms with van der Waals surface area (Å²) < 4.78 is 10.8. The number of amides is 1. The maximum absolute atomic E-state index is 13.1. The van der Waals surface area contributed by atoms with E-state index in [1.54, 1.807) is 26.5 Å². The number of pyridine rings is 1. The highest BCUT2D eigenvalue weighted by molar-refractivity contribution is 6.11. The fourth-order valence-electron chi connectivity index (χ4n) is 3.69. The van der Waals surface area contributed by atoms with Gasteiger partial charge in [0.15, 0.2) is 17.3 Å². The van der Waals surface area contributed by atoms with E-state index in [2.05, 4.69) is 17.1 Å². The maximum atomic E-state index is 13.1. The van der Waals surface area contributed by atoms with Crippen LogP contribution in [-0.2, 0) is 4.79 Å². The summed E-state index contributed by atoms with van der Waals surface area (Å²) in [6.07, 6.45) is 7.37. The molecule has 0 N–H and O–H groups in total. The number of hydrogen-bond donors (Lipinski definition) is 0. The molecule has 0 saturated heterocycles. The first-order valence-corrected chi connectivity index (χ1v) is 8.94. The van der Waals surface area contributed by atoms with E-state index in [0.717, 1.165) is 17.7 Å². The zero-order chi connectivity index (χ0) is 18.8. The molecule has 0 radical (unpaired) electrons. The van der Waals surface area contributed by atoms with E-state index in [0.29, 0.717) is 23.7 Å². The van der Waals surface area contributed by atoms with Gasteiger partial charge in [0, 0.05) is 17.7 Å². The Balaban J connectivity index is 1.83. The maximum Gasteiger partial charge on any atom is 0.252 e. The normalized spacial score (nSPS) is 21.5. The summed E-state index contributed by atoms with van der Waals surface area (Å²) in [6.45, 7) is 0. The van der Waals surface area contributed by atoms with E-state index < -0.39 is 0 Å². The number of anilines is 1. The third-order valence-corrected chi connectivity index (χ3v) is 5.06. The van der Waals surface area contributed by atoms with Crippen molar-refractivity contribution in [2.24, 2.45) is 16.9 Å². The molecule has 2 atom stereocenters. The van der Waals surface area contributed by atoms with Crippen molar-refractivity contribution in [2.75, 3.05) is 19.2 Å². The smallest absolute Gasteiger partial charge is 0.252 e. The first kappa shape index (κ1) is 17.3. The van der Waals surface area contributed by atoms with Crippen LogP contribution in [0.15, 0.2) is 59.8 Å². The van der Waals surface area contributed by atoms with Crippen LogP contribution >= 0.6 is 0 Å². The molecule has 2 aromatic rings. The molecule has 0 unspecified atom stereocenters. The fraction of sp³-hybridized carbons (Fsp3) is 0.286. The molecule has 6 heteroatoms. The van der Waals surface area contributed by atoms with E-state index in [-0.39, 0.29) is 17.7 Å². The van der Waals surface area contributed by atoms with Crippen molar-refractivity contribution in [3.63, 3.8) is 0 Å². The zero-order valence-corrected chi connectivity index (χ0v) is 15.3. The molecule has 27 heavy (non-hydrogen) atoms. The number of benzene rings is 1. The van der Waals surface area contributed by atoms with Crippen LogP contribution in [0.5, 0.6) is 11.5 Å². The Morgan fingerprint density at radius 2 is 1.78 bits per heavy atom. The number of rotatable bonds is 4. The average Bonchev–Trinajstić information content (AvgIpc) is 2.74. The predicted molar refractivity (Wildman–Crippen MR) is 103 cm³/mol. The monoisotopic (exact) mass is 363 g/mol. The second kappa shape index (κ2) is 7.23. The topological polar surface area (TPSA) is 64.0 Å². The van der Waals surface area contributed by atoms with E-state index in [1.165, 1.54) is 5.01 Å². The molecule has 1 amide bonds. The lowest BCUT2D eigenvalue weighted by atomic mass is 9.76. The molecule has 2 aliphatic rings. The predicted octanol–water partition coefficient (Wildman–Crippen LogP) is 3.43. The van der Waals surface area contributed by atoms with Crippen molar-refractivity contribution < 1.29 is 14.3 Å². The highest BCUT2D eigenvalue weighted by Crippen LogP contribution is 2.37. The van der Waals surface area contributed by atoms with Crippen LogP contribution in [0, 0.1) is 11.8 Å². The molecule has 6 nitrogen and oxygen atoms in total. The highest BCUT2D eigenvalue weighted by Gasteiger charge is 2.41. The van der Waals surface area contributed by atoms with Gasteiger partial charge in [-0.25, -0.2) is 4.98 Å². The molecule has 0 saturated carbocycles. The zero-order valence-electron chi connectivity index (χ0n) is 15.3. The number of carbonyl (C=O) groups is 1. The highest BCUT2D eigenvalue weighted by atomic mass is 16.5. The standard InChI is InChI=1S/C21H21N3O3/c1-26-17-11-10-14(13-18(17)27-2)20-15-7-3-4-8-16(15)21(25)24(23-20)19-9-5-6-12-22-19/h3-6,9-13,15-16H,7-8H2,1-2H3/t15-,16+/m1/s1. The van der Waals surface area contributed by atoms with E-state index in [1.807, 2.05) is 30.3 Å². The van der Waals surface area contributed by atoms with E-state index >= 15 is 0 Å². The first-order valence-electron chi connectivity index (χ1n) is 8.94. The van der Waals surface area contributed by atoms with Gasteiger partial charge in [-0.2, -0.15) is 10.1 Å². The van der Waals surface area contributed by atoms with Crippen molar-refractivity contribution in [1.82, 2.24) is 4.98 Å². The summed E-state index contributed by atoms with van der Waals surface area (Å²) in [5.41, 5.74) is 1.79. The summed E-state index contributed by atoms with van der Waals surface area (Å²) in [5, 5.41) is 6.16. The molecule has 0 bridgehead atoms. The Morgan fingerprint density at radius 1 is 1.00 bits per heavy atom. The van der Waals surface area contributed by atoms with Gasteiger partial charge in [-0.15, -0.1) is 0 Å². The molecular weight excluding hydrogens is 342 g/mol. The second-order valence-electron chi connectivity index (χ2n) is 6.55. The van der Waals surface area contributed by atoms with Gasteiger partial charge in [0.1, 0.15) is 0 Å². The van der Waals surface area contributed by atoms with Crippen LogP contribution in [-0.4, -0.2) is 30.8 Å². The van der Waals surface area contributed by atoms with Gasteiger partial charge in [0.05, 0.1) is 25.8 Å². The van der Waals surface area contributed by atoms with Gasteiger partial charge < -0.3 is 9.47 Å². The summed E-state index contributed by atoms with van der Waals surface area (Å²) in [6, 6.07) is 11.2.